The number of ether oxygens (including phenoxy) is 1. The van der Waals surface area contributed by atoms with Crippen LogP contribution in [0.2, 0.25) is 0 Å². The first-order chi connectivity index (χ1) is 13.1. The summed E-state index contributed by atoms with van der Waals surface area (Å²) >= 11 is 0. The van der Waals surface area contributed by atoms with E-state index in [1.54, 1.807) is 18.2 Å². The van der Waals surface area contributed by atoms with Crippen molar-refractivity contribution in [2.24, 2.45) is 0 Å². The molecule has 0 atom stereocenters. The Morgan fingerprint density at radius 3 is 2.21 bits per heavy atom. The van der Waals surface area contributed by atoms with Gasteiger partial charge in [-0.25, -0.2) is 8.42 Å². The average molecular weight is 407 g/mol. The number of para-hydroxylation sites is 1. The molecule has 4 nitrogen and oxygen atoms in total. The van der Waals surface area contributed by atoms with Gasteiger partial charge in [0.25, 0.3) is 10.0 Å². The van der Waals surface area contributed by atoms with Crippen LogP contribution in [0, 0.1) is 6.92 Å². The second-order valence-corrected chi connectivity index (χ2v) is 7.71. The van der Waals surface area contributed by atoms with Gasteiger partial charge in [-0.05, 0) is 61.0 Å². The van der Waals surface area contributed by atoms with Crippen molar-refractivity contribution in [3.63, 3.8) is 0 Å². The minimum Gasteiger partial charge on any atom is -0.457 e. The molecule has 3 rings (SSSR count). The topological polar surface area (TPSA) is 55.4 Å². The lowest BCUT2D eigenvalue weighted by molar-refractivity contribution is -0.137. The summed E-state index contributed by atoms with van der Waals surface area (Å²) in [7, 11) is -4.17. The lowest BCUT2D eigenvalue weighted by atomic mass is 10.2. The first kappa shape index (κ1) is 19.8. The van der Waals surface area contributed by atoms with Gasteiger partial charge in [0.1, 0.15) is 11.5 Å². The maximum atomic E-state index is 12.8. The van der Waals surface area contributed by atoms with Crippen molar-refractivity contribution < 1.29 is 26.3 Å². The van der Waals surface area contributed by atoms with E-state index in [1.807, 2.05) is 25.1 Å². The van der Waals surface area contributed by atoms with Gasteiger partial charge in [0.2, 0.25) is 0 Å². The molecule has 0 aliphatic heterocycles. The molecule has 0 saturated heterocycles. The SMILES string of the molecule is Cc1ccccc1Oc1ccc(NS(=O)(=O)c2cccc(C(F)(F)F)c2)cc1. The van der Waals surface area contributed by atoms with Crippen molar-refractivity contribution in [1.29, 1.82) is 0 Å². The number of aryl methyl sites for hydroxylation is 1. The van der Waals surface area contributed by atoms with Gasteiger partial charge >= 0.3 is 6.18 Å². The predicted molar refractivity (Wildman–Crippen MR) is 99.9 cm³/mol. The maximum Gasteiger partial charge on any atom is 0.416 e. The number of halogens is 3. The summed E-state index contributed by atoms with van der Waals surface area (Å²) in [6.45, 7) is 1.90. The Balaban J connectivity index is 1.77. The molecule has 1 N–H and O–H groups in total. The first-order valence-electron chi connectivity index (χ1n) is 8.19. The van der Waals surface area contributed by atoms with E-state index >= 15 is 0 Å². The van der Waals surface area contributed by atoms with Crippen molar-refractivity contribution in [1.82, 2.24) is 0 Å². The second kappa shape index (κ2) is 7.55. The van der Waals surface area contributed by atoms with E-state index in [0.717, 1.165) is 23.8 Å². The Bertz CT molecular complexity index is 1080. The Labute approximate surface area is 160 Å². The van der Waals surface area contributed by atoms with Crippen LogP contribution < -0.4 is 9.46 Å². The Morgan fingerprint density at radius 1 is 0.893 bits per heavy atom. The molecule has 0 fully saturated rings. The van der Waals surface area contributed by atoms with Gasteiger partial charge < -0.3 is 4.74 Å². The van der Waals surface area contributed by atoms with Crippen molar-refractivity contribution >= 4 is 15.7 Å². The summed E-state index contributed by atoms with van der Waals surface area (Å²) in [4.78, 5) is -0.470. The smallest absolute Gasteiger partial charge is 0.416 e. The van der Waals surface area contributed by atoms with Crippen LogP contribution in [-0.4, -0.2) is 8.42 Å². The average Bonchev–Trinajstić information content (AvgIpc) is 2.64. The molecule has 0 radical (unpaired) electrons. The molecular formula is C20H16F3NO3S. The quantitative estimate of drug-likeness (QED) is 0.598. The molecule has 0 spiro atoms. The van der Waals surface area contributed by atoms with E-state index in [2.05, 4.69) is 4.72 Å². The van der Waals surface area contributed by atoms with Crippen molar-refractivity contribution in [3.05, 3.63) is 83.9 Å². The fourth-order valence-electron chi connectivity index (χ4n) is 2.44. The molecule has 146 valence electrons. The van der Waals surface area contributed by atoms with Crippen LogP contribution in [-0.2, 0) is 16.2 Å². The number of hydrogen-bond acceptors (Lipinski definition) is 3. The Kier molecular flexibility index (Phi) is 5.33. The second-order valence-electron chi connectivity index (χ2n) is 6.02. The number of hydrogen-bond donors (Lipinski definition) is 1. The van der Waals surface area contributed by atoms with Gasteiger partial charge in [-0.1, -0.05) is 24.3 Å². The molecule has 0 bridgehead atoms. The zero-order chi connectivity index (χ0) is 20.4. The molecular weight excluding hydrogens is 391 g/mol. The van der Waals surface area contributed by atoms with Gasteiger partial charge in [-0.3, -0.25) is 4.72 Å². The summed E-state index contributed by atoms with van der Waals surface area (Å²) < 4.78 is 71.2. The molecule has 0 amide bonds. The van der Waals surface area contributed by atoms with E-state index in [1.165, 1.54) is 12.1 Å². The van der Waals surface area contributed by atoms with E-state index in [4.69, 9.17) is 4.74 Å². The lowest BCUT2D eigenvalue weighted by Gasteiger charge is -2.12. The monoisotopic (exact) mass is 407 g/mol. The summed E-state index contributed by atoms with van der Waals surface area (Å²) in [5, 5.41) is 0. The minimum absolute atomic E-state index is 0.203. The molecule has 0 aliphatic rings. The third-order valence-corrected chi connectivity index (χ3v) is 5.28. The molecule has 0 aliphatic carbocycles. The number of sulfonamides is 1. The summed E-state index contributed by atoms with van der Waals surface area (Å²) in [5.41, 5.74) is 0.115. The zero-order valence-electron chi connectivity index (χ0n) is 14.7. The molecule has 8 heteroatoms. The summed E-state index contributed by atoms with van der Waals surface area (Å²) in [6.07, 6.45) is -4.62. The minimum atomic E-state index is -4.62. The molecule has 3 aromatic carbocycles. The predicted octanol–water partition coefficient (Wildman–Crippen LogP) is 5.61. The van der Waals surface area contributed by atoms with E-state index in [-0.39, 0.29) is 5.69 Å². The van der Waals surface area contributed by atoms with Crippen LogP contribution in [0.1, 0.15) is 11.1 Å². The van der Waals surface area contributed by atoms with Gasteiger partial charge in [-0.2, -0.15) is 13.2 Å². The number of rotatable bonds is 5. The highest BCUT2D eigenvalue weighted by molar-refractivity contribution is 7.92. The van der Waals surface area contributed by atoms with Crippen molar-refractivity contribution in [2.45, 2.75) is 18.0 Å². The normalized spacial score (nSPS) is 11.9. The number of anilines is 1. The fourth-order valence-corrected chi connectivity index (χ4v) is 3.55. The van der Waals surface area contributed by atoms with Crippen LogP contribution in [0.15, 0.2) is 77.7 Å². The van der Waals surface area contributed by atoms with Gasteiger partial charge in [0.05, 0.1) is 10.5 Å². The van der Waals surface area contributed by atoms with Gasteiger partial charge in [0.15, 0.2) is 0 Å². The standard InChI is InChI=1S/C20H16F3NO3S/c1-14-5-2-3-8-19(14)27-17-11-9-16(10-12-17)24-28(25,26)18-7-4-6-15(13-18)20(21,22)23/h2-13,24H,1H3. The summed E-state index contributed by atoms with van der Waals surface area (Å²) in [6, 6.07) is 17.1. The maximum absolute atomic E-state index is 12.8. The highest BCUT2D eigenvalue weighted by Crippen LogP contribution is 2.31. The van der Waals surface area contributed by atoms with E-state index in [0.29, 0.717) is 17.6 Å². The van der Waals surface area contributed by atoms with Gasteiger partial charge in [0, 0.05) is 5.69 Å². The largest absolute Gasteiger partial charge is 0.457 e. The molecule has 0 saturated carbocycles. The van der Waals surface area contributed by atoms with E-state index in [9.17, 15) is 21.6 Å². The Hall–Kier alpha value is -3.00. The van der Waals surface area contributed by atoms with Crippen LogP contribution in [0.3, 0.4) is 0 Å². The van der Waals surface area contributed by atoms with Crippen molar-refractivity contribution in [2.75, 3.05) is 4.72 Å². The Morgan fingerprint density at radius 2 is 1.57 bits per heavy atom. The number of benzene rings is 3. The molecule has 0 unspecified atom stereocenters. The lowest BCUT2D eigenvalue weighted by Crippen LogP contribution is -2.14. The fraction of sp³-hybridized carbons (Fsp3) is 0.100. The highest BCUT2D eigenvalue weighted by atomic mass is 32.2. The van der Waals surface area contributed by atoms with Crippen LogP contribution in [0.5, 0.6) is 11.5 Å². The van der Waals surface area contributed by atoms with Crippen molar-refractivity contribution in [3.8, 4) is 11.5 Å². The zero-order valence-corrected chi connectivity index (χ0v) is 15.5. The molecule has 0 aromatic heterocycles. The summed E-state index contributed by atoms with van der Waals surface area (Å²) in [5.74, 6) is 1.16. The van der Waals surface area contributed by atoms with Crippen LogP contribution >= 0.6 is 0 Å². The van der Waals surface area contributed by atoms with E-state index < -0.39 is 26.7 Å². The third kappa shape index (κ3) is 4.64. The molecule has 28 heavy (non-hydrogen) atoms. The number of nitrogens with one attached hydrogen (secondary N) is 1. The highest BCUT2D eigenvalue weighted by Gasteiger charge is 2.31. The third-order valence-electron chi connectivity index (χ3n) is 3.90. The number of alkyl halides is 3. The first-order valence-corrected chi connectivity index (χ1v) is 9.67. The van der Waals surface area contributed by atoms with Gasteiger partial charge in [-0.15, -0.1) is 0 Å². The molecule has 0 heterocycles. The van der Waals surface area contributed by atoms with Crippen LogP contribution in [0.4, 0.5) is 18.9 Å². The van der Waals surface area contributed by atoms with Crippen LogP contribution in [0.25, 0.3) is 0 Å². The molecule has 3 aromatic rings.